The lowest BCUT2D eigenvalue weighted by atomic mass is 10.1. The molecule has 0 bridgehead atoms. The van der Waals surface area contributed by atoms with E-state index in [-0.39, 0.29) is 5.78 Å². The summed E-state index contributed by atoms with van der Waals surface area (Å²) in [6.45, 7) is 1.45. The summed E-state index contributed by atoms with van der Waals surface area (Å²) in [4.78, 5) is 20.8. The average Bonchev–Trinajstić information content (AvgIpc) is 1.87. The van der Waals surface area contributed by atoms with Crippen LogP contribution in [-0.2, 0) is 9.59 Å². The van der Waals surface area contributed by atoms with Gasteiger partial charge in [-0.1, -0.05) is 9.39 Å². The van der Waals surface area contributed by atoms with Crippen molar-refractivity contribution < 1.29 is 14.7 Å². The monoisotopic (exact) mass is 177 g/mol. The molecule has 2 N–H and O–H groups in total. The molecular formula is C6H12NO3P. The van der Waals surface area contributed by atoms with E-state index in [1.54, 1.807) is 0 Å². The van der Waals surface area contributed by atoms with Crippen LogP contribution in [0.3, 0.4) is 0 Å². The van der Waals surface area contributed by atoms with Crippen molar-refractivity contribution in [1.29, 1.82) is 0 Å². The van der Waals surface area contributed by atoms with Crippen LogP contribution in [0.2, 0.25) is 0 Å². The Hall–Kier alpha value is -0.470. The molecule has 0 amide bonds. The quantitative estimate of drug-likeness (QED) is 0.588. The van der Waals surface area contributed by atoms with Crippen molar-refractivity contribution in [2.75, 3.05) is 0 Å². The summed E-state index contributed by atoms with van der Waals surface area (Å²) in [6.07, 6.45) is 0.645. The van der Waals surface area contributed by atoms with Crippen LogP contribution in [0, 0.1) is 0 Å². The molecule has 1 unspecified atom stereocenters. The molecule has 0 spiro atoms. The van der Waals surface area contributed by atoms with Crippen molar-refractivity contribution in [1.82, 2.24) is 5.09 Å². The van der Waals surface area contributed by atoms with Crippen LogP contribution in [0.25, 0.3) is 0 Å². The van der Waals surface area contributed by atoms with Crippen molar-refractivity contribution in [3.8, 4) is 0 Å². The lowest BCUT2D eigenvalue weighted by Crippen LogP contribution is -2.30. The SMILES string of the molecule is CC(=O)CC[C@H](NP)C(=O)O. The molecule has 0 heterocycles. The summed E-state index contributed by atoms with van der Waals surface area (Å²) in [6, 6.07) is -0.635. The van der Waals surface area contributed by atoms with Crippen LogP contribution in [0.5, 0.6) is 0 Å². The predicted octanol–water partition coefficient (Wildman–Crippen LogP) is 0.189. The zero-order chi connectivity index (χ0) is 8.85. The van der Waals surface area contributed by atoms with Crippen LogP contribution in [0.4, 0.5) is 0 Å². The third-order valence-electron chi connectivity index (χ3n) is 1.28. The molecule has 2 atom stereocenters. The van der Waals surface area contributed by atoms with Crippen LogP contribution in [-0.4, -0.2) is 22.9 Å². The number of carbonyl (C=O) groups is 2. The third kappa shape index (κ3) is 4.87. The number of carboxylic acid groups (broad SMARTS) is 1. The second-order valence-corrected chi connectivity index (χ2v) is 2.63. The lowest BCUT2D eigenvalue weighted by Gasteiger charge is -2.08. The molecule has 11 heavy (non-hydrogen) atoms. The predicted molar refractivity (Wildman–Crippen MR) is 44.2 cm³/mol. The van der Waals surface area contributed by atoms with Gasteiger partial charge in [0, 0.05) is 6.42 Å². The molecule has 0 rings (SSSR count). The molecule has 5 heteroatoms. The van der Waals surface area contributed by atoms with Crippen LogP contribution in [0.1, 0.15) is 19.8 Å². The standard InChI is InChI=1S/C6H12NO3P/c1-4(8)2-3-5(7-11)6(9)10/h5,7H,2-3,11H2,1H3,(H,9,10)/t5-/m0/s1. The molecule has 0 saturated heterocycles. The van der Waals surface area contributed by atoms with Gasteiger partial charge in [-0.05, 0) is 13.3 Å². The Kier molecular flexibility index (Phi) is 4.99. The highest BCUT2D eigenvalue weighted by Gasteiger charge is 2.14. The fraction of sp³-hybridized carbons (Fsp3) is 0.667. The first kappa shape index (κ1) is 10.5. The largest absolute Gasteiger partial charge is 0.480 e. The van der Waals surface area contributed by atoms with E-state index in [2.05, 4.69) is 14.5 Å². The normalized spacial score (nSPS) is 12.5. The zero-order valence-corrected chi connectivity index (χ0v) is 7.49. The Labute approximate surface area is 67.6 Å². The minimum Gasteiger partial charge on any atom is -0.480 e. The van der Waals surface area contributed by atoms with E-state index < -0.39 is 12.0 Å². The lowest BCUT2D eigenvalue weighted by molar-refractivity contribution is -0.139. The molecule has 0 aliphatic rings. The number of carbonyl (C=O) groups excluding carboxylic acids is 1. The number of carboxylic acids is 1. The highest BCUT2D eigenvalue weighted by Crippen LogP contribution is 1.99. The van der Waals surface area contributed by atoms with E-state index in [9.17, 15) is 9.59 Å². The van der Waals surface area contributed by atoms with E-state index in [1.165, 1.54) is 6.92 Å². The van der Waals surface area contributed by atoms with Gasteiger partial charge in [0.1, 0.15) is 11.8 Å². The van der Waals surface area contributed by atoms with Gasteiger partial charge in [0.15, 0.2) is 0 Å². The average molecular weight is 177 g/mol. The summed E-state index contributed by atoms with van der Waals surface area (Å²) in [7, 11) is 2.13. The van der Waals surface area contributed by atoms with Gasteiger partial charge in [0.05, 0.1) is 0 Å². The van der Waals surface area contributed by atoms with Gasteiger partial charge < -0.3 is 9.90 Å². The maximum atomic E-state index is 10.5. The topological polar surface area (TPSA) is 66.4 Å². The van der Waals surface area contributed by atoms with Crippen LogP contribution in [0.15, 0.2) is 0 Å². The van der Waals surface area contributed by atoms with Gasteiger partial charge in [-0.15, -0.1) is 0 Å². The van der Waals surface area contributed by atoms with E-state index in [0.29, 0.717) is 12.8 Å². The maximum absolute atomic E-state index is 10.5. The van der Waals surface area contributed by atoms with Crippen molar-refractivity contribution in [2.24, 2.45) is 0 Å². The van der Waals surface area contributed by atoms with Gasteiger partial charge in [-0.25, -0.2) is 0 Å². The fourth-order valence-electron chi connectivity index (χ4n) is 0.626. The van der Waals surface area contributed by atoms with Crippen molar-refractivity contribution >= 4 is 21.1 Å². The summed E-state index contributed by atoms with van der Waals surface area (Å²) < 4.78 is 0. The van der Waals surface area contributed by atoms with Crippen LogP contribution >= 0.6 is 9.39 Å². The summed E-state index contributed by atoms with van der Waals surface area (Å²) in [5.41, 5.74) is 0. The summed E-state index contributed by atoms with van der Waals surface area (Å²) in [5, 5.41) is 11.0. The Morgan fingerprint density at radius 2 is 2.18 bits per heavy atom. The molecule has 0 aromatic rings. The first-order valence-electron chi connectivity index (χ1n) is 3.26. The fourth-order valence-corrected chi connectivity index (χ4v) is 0.935. The highest BCUT2D eigenvalue weighted by molar-refractivity contribution is 7.13. The second-order valence-electron chi connectivity index (χ2n) is 2.30. The molecule has 4 nitrogen and oxygen atoms in total. The molecule has 0 radical (unpaired) electrons. The van der Waals surface area contributed by atoms with Crippen molar-refractivity contribution in [2.45, 2.75) is 25.8 Å². The van der Waals surface area contributed by atoms with Gasteiger partial charge in [-0.2, -0.15) is 0 Å². The first-order valence-corrected chi connectivity index (χ1v) is 3.84. The Balaban J connectivity index is 3.70. The molecule has 0 fully saturated rings. The zero-order valence-electron chi connectivity index (χ0n) is 6.33. The minimum atomic E-state index is -0.929. The number of ketones is 1. The van der Waals surface area contributed by atoms with Gasteiger partial charge >= 0.3 is 5.97 Å². The van der Waals surface area contributed by atoms with Gasteiger partial charge in [-0.3, -0.25) is 9.88 Å². The first-order chi connectivity index (χ1) is 5.07. The van der Waals surface area contributed by atoms with Crippen molar-refractivity contribution in [3.63, 3.8) is 0 Å². The summed E-state index contributed by atoms with van der Waals surface area (Å²) in [5.74, 6) is -0.919. The van der Waals surface area contributed by atoms with Gasteiger partial charge in [0.25, 0.3) is 0 Å². The van der Waals surface area contributed by atoms with E-state index in [4.69, 9.17) is 5.11 Å². The Morgan fingerprint density at radius 3 is 2.45 bits per heavy atom. The molecule has 0 saturated carbocycles. The number of Topliss-reactive ketones (excluding diaryl/α,β-unsaturated/α-hetero) is 1. The third-order valence-corrected chi connectivity index (χ3v) is 1.69. The van der Waals surface area contributed by atoms with Crippen molar-refractivity contribution in [3.05, 3.63) is 0 Å². The van der Waals surface area contributed by atoms with E-state index in [1.807, 2.05) is 0 Å². The second kappa shape index (κ2) is 5.22. The smallest absolute Gasteiger partial charge is 0.320 e. The van der Waals surface area contributed by atoms with E-state index in [0.717, 1.165) is 0 Å². The van der Waals surface area contributed by atoms with Gasteiger partial charge in [0.2, 0.25) is 0 Å². The Bertz CT molecular complexity index is 160. The molecular weight excluding hydrogens is 165 g/mol. The summed E-state index contributed by atoms with van der Waals surface area (Å²) >= 11 is 0. The number of nitrogens with one attached hydrogen (secondary N) is 1. The molecule has 64 valence electrons. The Morgan fingerprint density at radius 1 is 1.64 bits per heavy atom. The number of hydrogen-bond donors (Lipinski definition) is 2. The number of hydrogen-bond acceptors (Lipinski definition) is 3. The molecule has 0 aromatic carbocycles. The number of aliphatic carboxylic acids is 1. The van der Waals surface area contributed by atoms with Crippen LogP contribution < -0.4 is 5.09 Å². The highest BCUT2D eigenvalue weighted by atomic mass is 31.0. The number of rotatable bonds is 5. The maximum Gasteiger partial charge on any atom is 0.320 e. The molecule has 0 aromatic heterocycles. The minimum absolute atomic E-state index is 0.0106. The molecule has 0 aliphatic carbocycles. The van der Waals surface area contributed by atoms with E-state index >= 15 is 0 Å². The molecule has 0 aliphatic heterocycles.